The molecule has 2 aromatic rings. The molecule has 88 valence electrons. The highest BCUT2D eigenvalue weighted by Crippen LogP contribution is 2.18. The number of nitrogens with two attached hydrogens (primary N) is 1. The summed E-state index contributed by atoms with van der Waals surface area (Å²) < 4.78 is 5.10. The maximum atomic E-state index is 11.8. The highest BCUT2D eigenvalue weighted by Gasteiger charge is 2.10. The van der Waals surface area contributed by atoms with Crippen molar-refractivity contribution in [2.45, 2.75) is 6.54 Å². The molecule has 0 aliphatic heterocycles. The molecule has 1 aromatic carbocycles. The summed E-state index contributed by atoms with van der Waals surface area (Å²) in [5, 5.41) is 3.07. The van der Waals surface area contributed by atoms with E-state index in [1.807, 2.05) is 0 Å². The topological polar surface area (TPSA) is 68.3 Å². The van der Waals surface area contributed by atoms with Crippen LogP contribution in [0.3, 0.4) is 0 Å². The van der Waals surface area contributed by atoms with E-state index in [1.165, 1.54) is 0 Å². The standard InChI is InChI=1S/C12H11ClN2O2/c13-11-4-3-8(14)6-10(11)12(16)15-7-9-2-1-5-17-9/h1-6H,7,14H2,(H,15,16). The van der Waals surface area contributed by atoms with E-state index in [9.17, 15) is 4.79 Å². The fourth-order valence-electron chi connectivity index (χ4n) is 1.39. The summed E-state index contributed by atoms with van der Waals surface area (Å²) in [6.45, 7) is 0.316. The lowest BCUT2D eigenvalue weighted by molar-refractivity contribution is 0.0948. The smallest absolute Gasteiger partial charge is 0.253 e. The maximum absolute atomic E-state index is 11.8. The van der Waals surface area contributed by atoms with Crippen LogP contribution in [0.5, 0.6) is 0 Å². The number of hydrogen-bond acceptors (Lipinski definition) is 3. The lowest BCUT2D eigenvalue weighted by Crippen LogP contribution is -2.23. The van der Waals surface area contributed by atoms with Crippen molar-refractivity contribution >= 4 is 23.2 Å². The number of halogens is 1. The molecule has 0 radical (unpaired) electrons. The number of amides is 1. The second-order valence-electron chi connectivity index (χ2n) is 3.50. The molecule has 17 heavy (non-hydrogen) atoms. The summed E-state index contributed by atoms with van der Waals surface area (Å²) in [4.78, 5) is 11.8. The molecule has 0 unspecified atom stereocenters. The quantitative estimate of drug-likeness (QED) is 0.822. The minimum absolute atomic E-state index is 0.279. The molecule has 1 aromatic heterocycles. The molecule has 1 amide bonds. The van der Waals surface area contributed by atoms with Crippen molar-refractivity contribution in [1.82, 2.24) is 5.32 Å². The van der Waals surface area contributed by atoms with Crippen LogP contribution in [0.2, 0.25) is 5.02 Å². The maximum Gasteiger partial charge on any atom is 0.253 e. The summed E-state index contributed by atoms with van der Waals surface area (Å²) in [6.07, 6.45) is 1.55. The summed E-state index contributed by atoms with van der Waals surface area (Å²) >= 11 is 5.91. The van der Waals surface area contributed by atoms with Crippen molar-refractivity contribution in [2.24, 2.45) is 0 Å². The Morgan fingerprint density at radius 3 is 2.94 bits per heavy atom. The molecule has 0 saturated carbocycles. The zero-order valence-corrected chi connectivity index (χ0v) is 9.70. The van der Waals surface area contributed by atoms with Crippen LogP contribution in [0.1, 0.15) is 16.1 Å². The van der Waals surface area contributed by atoms with Crippen LogP contribution in [-0.2, 0) is 6.54 Å². The molecule has 4 nitrogen and oxygen atoms in total. The summed E-state index contributed by atoms with van der Waals surface area (Å²) in [5.41, 5.74) is 6.46. The Labute approximate surface area is 103 Å². The zero-order valence-electron chi connectivity index (χ0n) is 8.94. The van der Waals surface area contributed by atoms with Crippen LogP contribution in [0, 0.1) is 0 Å². The molecule has 0 spiro atoms. The van der Waals surface area contributed by atoms with Gasteiger partial charge >= 0.3 is 0 Å². The van der Waals surface area contributed by atoms with Crippen molar-refractivity contribution in [2.75, 3.05) is 5.73 Å². The number of nitrogen functional groups attached to an aromatic ring is 1. The zero-order chi connectivity index (χ0) is 12.3. The summed E-state index contributed by atoms with van der Waals surface area (Å²) in [6, 6.07) is 8.32. The van der Waals surface area contributed by atoms with E-state index in [2.05, 4.69) is 5.32 Å². The average molecular weight is 251 g/mol. The SMILES string of the molecule is Nc1ccc(Cl)c(C(=O)NCc2ccco2)c1. The summed E-state index contributed by atoms with van der Waals surface area (Å²) in [5.74, 6) is 0.400. The lowest BCUT2D eigenvalue weighted by Gasteiger charge is -2.06. The molecule has 0 bridgehead atoms. The number of anilines is 1. The highest BCUT2D eigenvalue weighted by molar-refractivity contribution is 6.34. The molecule has 0 aliphatic rings. The molecule has 0 atom stereocenters. The second kappa shape index (κ2) is 4.93. The molecule has 0 aliphatic carbocycles. The predicted molar refractivity (Wildman–Crippen MR) is 65.7 cm³/mol. The van der Waals surface area contributed by atoms with Crippen molar-refractivity contribution in [3.8, 4) is 0 Å². The van der Waals surface area contributed by atoms with Crippen LogP contribution in [0.25, 0.3) is 0 Å². The molecule has 1 heterocycles. The van der Waals surface area contributed by atoms with E-state index in [-0.39, 0.29) is 5.91 Å². The third-order valence-electron chi connectivity index (χ3n) is 2.24. The van der Waals surface area contributed by atoms with Gasteiger partial charge < -0.3 is 15.5 Å². The monoisotopic (exact) mass is 250 g/mol. The molecular weight excluding hydrogens is 240 g/mol. The number of hydrogen-bond donors (Lipinski definition) is 2. The van der Waals surface area contributed by atoms with Gasteiger partial charge in [0, 0.05) is 5.69 Å². The largest absolute Gasteiger partial charge is 0.467 e. The van der Waals surface area contributed by atoms with Gasteiger partial charge in [0.05, 0.1) is 23.4 Å². The van der Waals surface area contributed by atoms with E-state index in [0.29, 0.717) is 28.6 Å². The average Bonchev–Trinajstić information content (AvgIpc) is 2.82. The summed E-state index contributed by atoms with van der Waals surface area (Å²) in [7, 11) is 0. The third kappa shape index (κ3) is 2.79. The van der Waals surface area contributed by atoms with Gasteiger partial charge in [-0.1, -0.05) is 11.6 Å². The van der Waals surface area contributed by atoms with E-state index < -0.39 is 0 Å². The van der Waals surface area contributed by atoms with E-state index in [0.717, 1.165) is 0 Å². The first-order chi connectivity index (χ1) is 8.16. The number of benzene rings is 1. The number of furan rings is 1. The molecule has 3 N–H and O–H groups in total. The van der Waals surface area contributed by atoms with Gasteiger partial charge in [-0.05, 0) is 30.3 Å². The van der Waals surface area contributed by atoms with Crippen molar-refractivity contribution in [3.05, 3.63) is 52.9 Å². The minimum Gasteiger partial charge on any atom is -0.467 e. The molecule has 2 rings (SSSR count). The fourth-order valence-corrected chi connectivity index (χ4v) is 1.60. The van der Waals surface area contributed by atoms with Crippen molar-refractivity contribution < 1.29 is 9.21 Å². The van der Waals surface area contributed by atoms with Crippen molar-refractivity contribution in [3.63, 3.8) is 0 Å². The third-order valence-corrected chi connectivity index (χ3v) is 2.57. The predicted octanol–water partition coefficient (Wildman–Crippen LogP) is 2.45. The Hall–Kier alpha value is -1.94. The van der Waals surface area contributed by atoms with Gasteiger partial charge in [-0.3, -0.25) is 4.79 Å². The Balaban J connectivity index is 2.07. The van der Waals surface area contributed by atoms with Gasteiger partial charge in [0.1, 0.15) is 5.76 Å². The van der Waals surface area contributed by atoms with Crippen LogP contribution in [0.15, 0.2) is 41.0 Å². The Morgan fingerprint density at radius 2 is 2.24 bits per heavy atom. The van der Waals surface area contributed by atoms with Crippen LogP contribution in [-0.4, -0.2) is 5.91 Å². The minimum atomic E-state index is -0.279. The van der Waals surface area contributed by atoms with Gasteiger partial charge in [-0.2, -0.15) is 0 Å². The highest BCUT2D eigenvalue weighted by atomic mass is 35.5. The van der Waals surface area contributed by atoms with Gasteiger partial charge in [-0.25, -0.2) is 0 Å². The normalized spacial score (nSPS) is 10.2. The molecule has 5 heteroatoms. The van der Waals surface area contributed by atoms with Gasteiger partial charge in [-0.15, -0.1) is 0 Å². The Morgan fingerprint density at radius 1 is 1.41 bits per heavy atom. The number of carbonyl (C=O) groups is 1. The first kappa shape index (κ1) is 11.5. The Kier molecular flexibility index (Phi) is 3.35. The number of rotatable bonds is 3. The van der Waals surface area contributed by atoms with Gasteiger partial charge in [0.15, 0.2) is 0 Å². The van der Waals surface area contributed by atoms with E-state index >= 15 is 0 Å². The first-order valence-corrected chi connectivity index (χ1v) is 5.40. The lowest BCUT2D eigenvalue weighted by atomic mass is 10.2. The number of nitrogens with one attached hydrogen (secondary N) is 1. The van der Waals surface area contributed by atoms with Gasteiger partial charge in [0.2, 0.25) is 0 Å². The first-order valence-electron chi connectivity index (χ1n) is 5.02. The number of carbonyl (C=O) groups excluding carboxylic acids is 1. The van der Waals surface area contributed by atoms with Crippen LogP contribution in [0.4, 0.5) is 5.69 Å². The molecule has 0 saturated heterocycles. The Bertz CT molecular complexity index is 523. The molecule has 0 fully saturated rings. The van der Waals surface area contributed by atoms with Crippen LogP contribution < -0.4 is 11.1 Å². The second-order valence-corrected chi connectivity index (χ2v) is 3.91. The van der Waals surface area contributed by atoms with Crippen molar-refractivity contribution in [1.29, 1.82) is 0 Å². The fraction of sp³-hybridized carbons (Fsp3) is 0.0833. The van der Waals surface area contributed by atoms with Gasteiger partial charge in [0.25, 0.3) is 5.91 Å². The van der Waals surface area contributed by atoms with E-state index in [4.69, 9.17) is 21.8 Å². The van der Waals surface area contributed by atoms with Crippen LogP contribution >= 0.6 is 11.6 Å². The molecular formula is C12H11ClN2O2. The van der Waals surface area contributed by atoms with E-state index in [1.54, 1.807) is 36.6 Å².